The van der Waals surface area contributed by atoms with Crippen LogP contribution < -0.4 is 10.9 Å². The molecular weight excluding hydrogens is 386 g/mol. The quantitative estimate of drug-likeness (QED) is 0.703. The van der Waals surface area contributed by atoms with Crippen molar-refractivity contribution in [3.63, 3.8) is 0 Å². The molecule has 2 N–H and O–H groups in total. The van der Waals surface area contributed by atoms with E-state index in [4.69, 9.17) is 0 Å². The average molecular weight is 402 g/mol. The molecule has 1 aromatic heterocycles. The molecule has 2 aromatic carbocycles. The molecule has 6 nitrogen and oxygen atoms in total. The average Bonchev–Trinajstić information content (AvgIpc) is 2.58. The zero-order valence-electron chi connectivity index (χ0n) is 13.4. The Morgan fingerprint density at radius 2 is 2.12 bits per heavy atom. The monoisotopic (exact) mass is 401 g/mol. The zero-order chi connectivity index (χ0) is 18.0. The van der Waals surface area contributed by atoms with E-state index in [9.17, 15) is 14.7 Å². The number of carbonyl (C=O) groups is 1. The Bertz CT molecular complexity index is 1000. The second-order valence-corrected chi connectivity index (χ2v) is 6.64. The molecule has 0 saturated heterocycles. The molecular formula is C18H16BrN3O3. The number of aromatic nitrogens is 2. The number of benzene rings is 2. The van der Waals surface area contributed by atoms with Crippen molar-refractivity contribution in [1.82, 2.24) is 14.9 Å². The van der Waals surface area contributed by atoms with Gasteiger partial charge in [-0.05, 0) is 42.8 Å². The first-order valence-electron chi connectivity index (χ1n) is 7.67. The predicted molar refractivity (Wildman–Crippen MR) is 98.4 cm³/mol. The summed E-state index contributed by atoms with van der Waals surface area (Å²) in [6.45, 7) is 1.68. The van der Waals surface area contributed by atoms with Gasteiger partial charge in [-0.1, -0.05) is 28.1 Å². The predicted octanol–water partition coefficient (Wildman–Crippen LogP) is 2.74. The van der Waals surface area contributed by atoms with Crippen molar-refractivity contribution < 1.29 is 9.90 Å². The maximum atomic E-state index is 12.5. The minimum atomic E-state index is -0.311. The molecule has 1 heterocycles. The second-order valence-electron chi connectivity index (χ2n) is 5.72. The third-order valence-electron chi connectivity index (χ3n) is 3.85. The van der Waals surface area contributed by atoms with E-state index in [1.807, 2.05) is 19.1 Å². The third kappa shape index (κ3) is 3.88. The van der Waals surface area contributed by atoms with Crippen molar-refractivity contribution >= 4 is 32.7 Å². The van der Waals surface area contributed by atoms with Gasteiger partial charge in [-0.2, -0.15) is 0 Å². The summed E-state index contributed by atoms with van der Waals surface area (Å²) in [4.78, 5) is 29.0. The molecule has 3 rings (SSSR count). The molecule has 1 unspecified atom stereocenters. The largest absolute Gasteiger partial charge is 0.508 e. The number of aromatic hydroxyl groups is 1. The molecule has 0 aliphatic rings. The van der Waals surface area contributed by atoms with Crippen LogP contribution in [-0.2, 0) is 11.3 Å². The lowest BCUT2D eigenvalue weighted by atomic mass is 10.1. The Morgan fingerprint density at radius 1 is 1.32 bits per heavy atom. The van der Waals surface area contributed by atoms with Crippen molar-refractivity contribution in [2.45, 2.75) is 19.5 Å². The van der Waals surface area contributed by atoms with Gasteiger partial charge < -0.3 is 10.4 Å². The molecule has 128 valence electrons. The first-order valence-corrected chi connectivity index (χ1v) is 8.46. The molecule has 25 heavy (non-hydrogen) atoms. The summed E-state index contributed by atoms with van der Waals surface area (Å²) in [5.41, 5.74) is 1.09. The Labute approximate surface area is 152 Å². The van der Waals surface area contributed by atoms with Crippen molar-refractivity contribution in [3.05, 3.63) is 69.2 Å². The van der Waals surface area contributed by atoms with Gasteiger partial charge in [0.2, 0.25) is 5.91 Å². The van der Waals surface area contributed by atoms with Gasteiger partial charge in [0.05, 0.1) is 23.3 Å². The standard InChI is InChI=1S/C18H16BrN3O3/c1-11(12-3-2-4-14(23)7-12)21-17(24)9-22-10-20-16-6-5-13(19)8-15(16)18(22)25/h2-8,10-11,23H,9H2,1H3,(H,21,24). The molecule has 1 atom stereocenters. The van der Waals surface area contributed by atoms with Crippen LogP contribution in [0.3, 0.4) is 0 Å². The molecule has 0 aliphatic carbocycles. The van der Waals surface area contributed by atoms with Crippen LogP contribution in [0.1, 0.15) is 18.5 Å². The number of nitrogens with one attached hydrogen (secondary N) is 1. The summed E-state index contributed by atoms with van der Waals surface area (Å²) < 4.78 is 2.05. The Kier molecular flexibility index (Phi) is 4.85. The molecule has 0 bridgehead atoms. The van der Waals surface area contributed by atoms with Crippen LogP contribution in [0.15, 0.2) is 58.1 Å². The Morgan fingerprint density at radius 3 is 2.88 bits per heavy atom. The number of rotatable bonds is 4. The minimum absolute atomic E-state index is 0.128. The number of phenolic OH excluding ortho intramolecular Hbond substituents is 1. The van der Waals surface area contributed by atoms with Crippen molar-refractivity contribution in [3.8, 4) is 5.75 Å². The number of amides is 1. The summed E-state index contributed by atoms with van der Waals surface area (Å²) in [7, 11) is 0. The normalized spacial score (nSPS) is 12.1. The number of nitrogens with zero attached hydrogens (tertiary/aromatic N) is 2. The fourth-order valence-electron chi connectivity index (χ4n) is 2.56. The first kappa shape index (κ1) is 17.2. The summed E-state index contributed by atoms with van der Waals surface area (Å²) in [6.07, 6.45) is 1.37. The number of phenols is 1. The maximum absolute atomic E-state index is 12.5. The molecule has 0 fully saturated rings. The van der Waals surface area contributed by atoms with E-state index in [2.05, 4.69) is 26.2 Å². The van der Waals surface area contributed by atoms with Gasteiger partial charge in [0.15, 0.2) is 0 Å². The van der Waals surface area contributed by atoms with Crippen LogP contribution >= 0.6 is 15.9 Å². The highest BCUT2D eigenvalue weighted by molar-refractivity contribution is 9.10. The van der Waals surface area contributed by atoms with Crippen molar-refractivity contribution in [1.29, 1.82) is 0 Å². The summed E-state index contributed by atoms with van der Waals surface area (Å²) >= 11 is 3.33. The number of hydrogen-bond donors (Lipinski definition) is 2. The smallest absolute Gasteiger partial charge is 0.261 e. The topological polar surface area (TPSA) is 84.2 Å². The van der Waals surface area contributed by atoms with Gasteiger partial charge in [0.25, 0.3) is 5.56 Å². The van der Waals surface area contributed by atoms with Gasteiger partial charge in [-0.15, -0.1) is 0 Å². The van der Waals surface area contributed by atoms with Crippen LogP contribution in [0.4, 0.5) is 0 Å². The van der Waals surface area contributed by atoms with Crippen LogP contribution in [-0.4, -0.2) is 20.6 Å². The molecule has 0 saturated carbocycles. The number of hydrogen-bond acceptors (Lipinski definition) is 4. The lowest BCUT2D eigenvalue weighted by Crippen LogP contribution is -2.34. The first-order chi connectivity index (χ1) is 11.9. The molecule has 1 amide bonds. The van der Waals surface area contributed by atoms with Gasteiger partial charge in [0.1, 0.15) is 12.3 Å². The summed E-state index contributed by atoms with van der Waals surface area (Å²) in [5.74, 6) is -0.173. The van der Waals surface area contributed by atoms with E-state index in [0.29, 0.717) is 10.9 Å². The lowest BCUT2D eigenvalue weighted by molar-refractivity contribution is -0.122. The van der Waals surface area contributed by atoms with E-state index < -0.39 is 0 Å². The van der Waals surface area contributed by atoms with Gasteiger partial charge in [0, 0.05) is 4.47 Å². The van der Waals surface area contributed by atoms with Crippen LogP contribution in [0.2, 0.25) is 0 Å². The summed E-state index contributed by atoms with van der Waals surface area (Å²) in [5, 5.41) is 12.8. The van der Waals surface area contributed by atoms with Gasteiger partial charge in [-0.25, -0.2) is 4.98 Å². The number of fused-ring (bicyclic) bond motifs is 1. The van der Waals surface area contributed by atoms with Crippen molar-refractivity contribution in [2.24, 2.45) is 0 Å². The minimum Gasteiger partial charge on any atom is -0.508 e. The van der Waals surface area contributed by atoms with Gasteiger partial charge >= 0.3 is 0 Å². The zero-order valence-corrected chi connectivity index (χ0v) is 15.0. The Hall–Kier alpha value is -2.67. The third-order valence-corrected chi connectivity index (χ3v) is 4.34. The van der Waals surface area contributed by atoms with E-state index in [1.54, 1.807) is 30.3 Å². The van der Waals surface area contributed by atoms with Gasteiger partial charge in [-0.3, -0.25) is 14.2 Å². The van der Waals surface area contributed by atoms with Crippen LogP contribution in [0.25, 0.3) is 10.9 Å². The summed E-state index contributed by atoms with van der Waals surface area (Å²) in [6, 6.07) is 11.6. The SMILES string of the molecule is CC(NC(=O)Cn1cnc2ccc(Br)cc2c1=O)c1cccc(O)c1. The number of halogens is 1. The van der Waals surface area contributed by atoms with E-state index in [1.165, 1.54) is 10.9 Å². The molecule has 0 aliphatic heterocycles. The van der Waals surface area contributed by atoms with E-state index >= 15 is 0 Å². The fourth-order valence-corrected chi connectivity index (χ4v) is 2.92. The highest BCUT2D eigenvalue weighted by Gasteiger charge is 2.12. The molecule has 0 radical (unpaired) electrons. The fraction of sp³-hybridized carbons (Fsp3) is 0.167. The maximum Gasteiger partial charge on any atom is 0.261 e. The number of carbonyl (C=O) groups excluding carboxylic acids is 1. The highest BCUT2D eigenvalue weighted by atomic mass is 79.9. The van der Waals surface area contributed by atoms with Crippen LogP contribution in [0, 0.1) is 0 Å². The molecule has 0 spiro atoms. The molecule has 7 heteroatoms. The molecule has 3 aromatic rings. The highest BCUT2D eigenvalue weighted by Crippen LogP contribution is 2.18. The van der Waals surface area contributed by atoms with E-state index in [0.717, 1.165) is 10.0 Å². The second kappa shape index (κ2) is 7.06. The lowest BCUT2D eigenvalue weighted by Gasteiger charge is -2.15. The van der Waals surface area contributed by atoms with E-state index in [-0.39, 0.29) is 29.8 Å². The van der Waals surface area contributed by atoms with Crippen LogP contribution in [0.5, 0.6) is 5.75 Å². The van der Waals surface area contributed by atoms with Crippen molar-refractivity contribution in [2.75, 3.05) is 0 Å². The Balaban J connectivity index is 1.78.